The monoisotopic (exact) mass is 745 g/mol. The molecule has 1 atom stereocenters. The number of benzene rings is 5. The standard InChI is InChI=1S/C51H47N5O/c1-37-26-28-42(35-44(37)39(3)46(25-17-33-57)55-47-22-10-9-21-43(47)40-19-7-5-8-20-40)56-36-51(30-14-6-15-31-51)45-34-41(27-29-50(45)56)54-49-24-12-11-23-48(49)53-32-16-13-18-38(2)52-4/h5-30,32-35,53-55,57H,2-4,31,36H2,1H3/b18-13-,32-16-,33-17-,46-25+. The third kappa shape index (κ3) is 8.51. The Bertz CT molecular complexity index is 2480. The van der Waals surface area contributed by atoms with Gasteiger partial charge in [-0.2, -0.15) is 0 Å². The van der Waals surface area contributed by atoms with Crippen LogP contribution in [0.25, 0.3) is 16.7 Å². The molecule has 0 amide bonds. The number of para-hydroxylation sites is 3. The first-order valence-electron chi connectivity index (χ1n) is 19.0. The Labute approximate surface area is 336 Å². The molecule has 6 nitrogen and oxygen atoms in total. The fourth-order valence-electron chi connectivity index (χ4n) is 7.41. The highest BCUT2D eigenvalue weighted by molar-refractivity contribution is 5.89. The molecule has 1 heterocycles. The average Bonchev–Trinajstić information content (AvgIpc) is 3.55. The summed E-state index contributed by atoms with van der Waals surface area (Å²) in [7, 11) is 0. The number of nitrogens with zero attached hydrogens (tertiary/aromatic N) is 2. The Morgan fingerprint density at radius 2 is 1.60 bits per heavy atom. The molecule has 5 aromatic carbocycles. The van der Waals surface area contributed by atoms with E-state index in [2.05, 4.69) is 144 Å². The fourth-order valence-corrected chi connectivity index (χ4v) is 7.41. The van der Waals surface area contributed by atoms with Crippen LogP contribution in [0.1, 0.15) is 23.1 Å². The van der Waals surface area contributed by atoms with Crippen LogP contribution < -0.4 is 20.9 Å². The highest BCUT2D eigenvalue weighted by atomic mass is 16.2. The molecule has 1 aliphatic heterocycles. The number of aliphatic hydroxyl groups excluding tert-OH is 1. The first-order chi connectivity index (χ1) is 27.9. The van der Waals surface area contributed by atoms with E-state index in [4.69, 9.17) is 0 Å². The summed E-state index contributed by atoms with van der Waals surface area (Å²) in [6, 6.07) is 40.0. The molecule has 0 saturated heterocycles. The van der Waals surface area contributed by atoms with Gasteiger partial charge in [0.1, 0.15) is 0 Å². The van der Waals surface area contributed by atoms with Crippen LogP contribution in [0.4, 0.5) is 34.1 Å². The number of fused-ring (bicyclic) bond motifs is 2. The van der Waals surface area contributed by atoms with Gasteiger partial charge in [0, 0.05) is 52.2 Å². The summed E-state index contributed by atoms with van der Waals surface area (Å²) in [5.74, 6) is 0. The minimum atomic E-state index is -0.194. The van der Waals surface area contributed by atoms with E-state index in [1.807, 2.05) is 73.0 Å². The molecule has 2 aliphatic rings. The van der Waals surface area contributed by atoms with Crippen molar-refractivity contribution in [2.24, 2.45) is 4.99 Å². The van der Waals surface area contributed by atoms with E-state index in [0.29, 0.717) is 5.70 Å². The van der Waals surface area contributed by atoms with Gasteiger partial charge in [0.2, 0.25) is 0 Å². The van der Waals surface area contributed by atoms with Gasteiger partial charge < -0.3 is 26.0 Å². The highest BCUT2D eigenvalue weighted by Gasteiger charge is 2.41. The maximum Gasteiger partial charge on any atom is 0.0792 e. The second-order valence-electron chi connectivity index (χ2n) is 14.1. The van der Waals surface area contributed by atoms with Gasteiger partial charge >= 0.3 is 0 Å². The van der Waals surface area contributed by atoms with Gasteiger partial charge in [0.15, 0.2) is 0 Å². The van der Waals surface area contributed by atoms with Crippen molar-refractivity contribution in [1.29, 1.82) is 0 Å². The van der Waals surface area contributed by atoms with Crippen LogP contribution in [0, 0.1) is 6.92 Å². The number of aliphatic imine (C=N–C) groups is 1. The predicted octanol–water partition coefficient (Wildman–Crippen LogP) is 13.1. The molecular weight excluding hydrogens is 699 g/mol. The number of aryl methyl sites for hydroxylation is 1. The molecule has 0 saturated carbocycles. The smallest absolute Gasteiger partial charge is 0.0792 e. The van der Waals surface area contributed by atoms with Gasteiger partial charge in [-0.05, 0) is 121 Å². The summed E-state index contributed by atoms with van der Waals surface area (Å²) in [4.78, 5) is 6.24. The summed E-state index contributed by atoms with van der Waals surface area (Å²) >= 11 is 0. The Kier molecular flexibility index (Phi) is 11.6. The number of hydrogen-bond donors (Lipinski definition) is 4. The zero-order chi connectivity index (χ0) is 39.6. The molecule has 0 fully saturated rings. The number of anilines is 6. The average molecular weight is 746 g/mol. The van der Waals surface area contributed by atoms with Crippen molar-refractivity contribution in [2.45, 2.75) is 18.8 Å². The first kappa shape index (κ1) is 38.0. The van der Waals surface area contributed by atoms with Crippen molar-refractivity contribution in [2.75, 3.05) is 27.4 Å². The van der Waals surface area contributed by atoms with Gasteiger partial charge in [-0.25, -0.2) is 0 Å². The van der Waals surface area contributed by atoms with E-state index in [9.17, 15) is 5.11 Å². The largest absolute Gasteiger partial charge is 0.516 e. The molecule has 0 aromatic heterocycles. The normalized spacial score (nSPS) is 16.1. The molecule has 4 N–H and O–H groups in total. The summed E-state index contributed by atoms with van der Waals surface area (Å²) in [5, 5.41) is 20.4. The highest BCUT2D eigenvalue weighted by Crippen LogP contribution is 2.50. The van der Waals surface area contributed by atoms with E-state index < -0.39 is 0 Å². The number of allylic oxidation sites excluding steroid dienone is 9. The Morgan fingerprint density at radius 1 is 0.825 bits per heavy atom. The van der Waals surface area contributed by atoms with Crippen LogP contribution >= 0.6 is 0 Å². The molecule has 0 radical (unpaired) electrons. The lowest BCUT2D eigenvalue weighted by Gasteiger charge is -2.28. The van der Waals surface area contributed by atoms with Gasteiger partial charge in [-0.3, -0.25) is 4.99 Å². The number of hydrogen-bond acceptors (Lipinski definition) is 6. The van der Waals surface area contributed by atoms with Gasteiger partial charge in [0.25, 0.3) is 0 Å². The zero-order valence-corrected chi connectivity index (χ0v) is 32.2. The molecular formula is C51H47N5O. The number of aliphatic hydroxyl groups is 1. The fraction of sp³-hybridized carbons (Fsp3) is 0.0784. The molecule has 5 aromatic rings. The van der Waals surface area contributed by atoms with Crippen molar-refractivity contribution >= 4 is 46.4 Å². The summed E-state index contributed by atoms with van der Waals surface area (Å²) in [6.07, 6.45) is 21.8. The molecule has 1 spiro atoms. The third-order valence-corrected chi connectivity index (χ3v) is 10.4. The van der Waals surface area contributed by atoms with Crippen LogP contribution in [-0.2, 0) is 5.41 Å². The molecule has 1 unspecified atom stereocenters. The van der Waals surface area contributed by atoms with Gasteiger partial charge in [-0.1, -0.05) is 110 Å². The van der Waals surface area contributed by atoms with E-state index in [-0.39, 0.29) is 5.41 Å². The minimum absolute atomic E-state index is 0.194. The number of rotatable bonds is 14. The van der Waals surface area contributed by atoms with Crippen LogP contribution in [0.5, 0.6) is 0 Å². The van der Waals surface area contributed by atoms with Gasteiger partial charge in [0.05, 0.1) is 23.3 Å². The summed E-state index contributed by atoms with van der Waals surface area (Å²) in [6.45, 7) is 14.8. The van der Waals surface area contributed by atoms with E-state index >= 15 is 0 Å². The predicted molar refractivity (Wildman–Crippen MR) is 244 cm³/mol. The second-order valence-corrected chi connectivity index (χ2v) is 14.1. The molecule has 57 heavy (non-hydrogen) atoms. The van der Waals surface area contributed by atoms with Crippen molar-refractivity contribution in [3.63, 3.8) is 0 Å². The van der Waals surface area contributed by atoms with E-state index in [1.165, 1.54) is 11.3 Å². The van der Waals surface area contributed by atoms with Gasteiger partial charge in [-0.15, -0.1) is 0 Å². The third-order valence-electron chi connectivity index (χ3n) is 10.4. The summed E-state index contributed by atoms with van der Waals surface area (Å²) < 4.78 is 0. The maximum atomic E-state index is 9.69. The van der Waals surface area contributed by atoms with E-state index in [1.54, 1.807) is 12.2 Å². The second kappa shape index (κ2) is 17.4. The zero-order valence-electron chi connectivity index (χ0n) is 32.2. The van der Waals surface area contributed by atoms with Crippen molar-refractivity contribution in [3.8, 4) is 11.1 Å². The van der Waals surface area contributed by atoms with Crippen LogP contribution in [0.3, 0.4) is 0 Å². The molecule has 1 aliphatic carbocycles. The van der Waals surface area contributed by atoms with Crippen molar-refractivity contribution in [3.05, 3.63) is 224 Å². The topological polar surface area (TPSA) is 71.9 Å². The van der Waals surface area contributed by atoms with E-state index in [0.717, 1.165) is 81.2 Å². The van der Waals surface area contributed by atoms with Crippen LogP contribution in [-0.4, -0.2) is 18.4 Å². The molecule has 6 heteroatoms. The van der Waals surface area contributed by atoms with Crippen molar-refractivity contribution < 1.29 is 5.11 Å². The molecule has 7 rings (SSSR count). The molecule has 282 valence electrons. The summed E-state index contributed by atoms with van der Waals surface area (Å²) in [5.41, 5.74) is 13.7. The van der Waals surface area contributed by atoms with Crippen LogP contribution in [0.2, 0.25) is 0 Å². The lowest BCUT2D eigenvalue weighted by Crippen LogP contribution is -2.30. The minimum Gasteiger partial charge on any atom is -0.516 e. The Morgan fingerprint density at radius 3 is 2.37 bits per heavy atom. The lowest BCUT2D eigenvalue weighted by atomic mass is 9.77. The lowest BCUT2D eigenvalue weighted by molar-refractivity contribution is 0.473. The van der Waals surface area contributed by atoms with Crippen LogP contribution in [0.15, 0.2) is 212 Å². The number of nitrogens with one attached hydrogen (secondary N) is 3. The SMILES string of the molecule is C=NC(=C)/C=C\C=C/Nc1ccccc1Nc1ccc2c(c1)C1(C=CC=CC1)CN2c1ccc(C)c(C(=C)/C(=C\C=C/O)Nc2ccccc2-c2ccccc2)c1. The van der Waals surface area contributed by atoms with Crippen molar-refractivity contribution in [1.82, 2.24) is 0 Å². The first-order valence-corrected chi connectivity index (χ1v) is 19.0. The Balaban J connectivity index is 1.19. The molecule has 0 bridgehead atoms. The maximum absolute atomic E-state index is 9.69. The Hall–Kier alpha value is -7.31. The quantitative estimate of drug-likeness (QED) is 0.0518.